The number of aryl methyl sites for hydroxylation is 1. The van der Waals surface area contributed by atoms with E-state index in [4.69, 9.17) is 9.47 Å². The maximum Gasteiger partial charge on any atom is 0.257 e. The molecule has 1 N–H and O–H groups in total. The highest BCUT2D eigenvalue weighted by atomic mass is 32.1. The number of carbonyl (C=O) groups excluding carboxylic acids is 2. The number of anilines is 1. The van der Waals surface area contributed by atoms with Crippen LogP contribution in [0.3, 0.4) is 0 Å². The molecule has 1 aliphatic heterocycles. The maximum absolute atomic E-state index is 13.4. The number of aromatic nitrogens is 1. The van der Waals surface area contributed by atoms with Crippen molar-refractivity contribution in [1.29, 1.82) is 0 Å². The Morgan fingerprint density at radius 2 is 1.72 bits per heavy atom. The molecular weight excluding hydrogens is 476 g/mol. The number of nitrogens with zero attached hydrogens (tertiary/aromatic N) is 3. The van der Waals surface area contributed by atoms with Crippen LogP contribution in [0.25, 0.3) is 0 Å². The average molecular weight is 507 g/mol. The predicted molar refractivity (Wildman–Crippen MR) is 139 cm³/mol. The van der Waals surface area contributed by atoms with Crippen molar-refractivity contribution in [2.75, 3.05) is 45.7 Å². The first kappa shape index (κ1) is 24.3. The van der Waals surface area contributed by atoms with Gasteiger partial charge in [0.15, 0.2) is 5.13 Å². The summed E-state index contributed by atoms with van der Waals surface area (Å²) in [6.45, 7) is 4.09. The fourth-order valence-electron chi connectivity index (χ4n) is 4.82. The number of ether oxygens (including phenoxy) is 2. The minimum absolute atomic E-state index is 0.147. The van der Waals surface area contributed by atoms with E-state index in [-0.39, 0.29) is 17.7 Å². The van der Waals surface area contributed by atoms with Crippen molar-refractivity contribution in [2.24, 2.45) is 0 Å². The number of hydrogen-bond donors (Lipinski definition) is 1. The van der Waals surface area contributed by atoms with Crippen LogP contribution in [0.15, 0.2) is 48.5 Å². The van der Waals surface area contributed by atoms with Crippen molar-refractivity contribution in [1.82, 2.24) is 14.8 Å². The van der Waals surface area contributed by atoms with Crippen molar-refractivity contribution >= 4 is 28.3 Å². The van der Waals surface area contributed by atoms with Crippen LogP contribution in [0.4, 0.5) is 5.13 Å². The van der Waals surface area contributed by atoms with Crippen molar-refractivity contribution in [3.63, 3.8) is 0 Å². The van der Waals surface area contributed by atoms with Gasteiger partial charge < -0.3 is 14.4 Å². The first-order chi connectivity index (χ1) is 17.5. The van der Waals surface area contributed by atoms with Gasteiger partial charge in [0.1, 0.15) is 11.5 Å². The summed E-state index contributed by atoms with van der Waals surface area (Å²) in [4.78, 5) is 36.4. The van der Waals surface area contributed by atoms with Crippen molar-refractivity contribution in [2.45, 2.75) is 25.3 Å². The largest absolute Gasteiger partial charge is 0.497 e. The van der Waals surface area contributed by atoms with Crippen LogP contribution in [0.2, 0.25) is 0 Å². The predicted octanol–water partition coefficient (Wildman–Crippen LogP) is 3.79. The van der Waals surface area contributed by atoms with E-state index in [1.165, 1.54) is 16.9 Å². The van der Waals surface area contributed by atoms with Crippen LogP contribution in [0, 0.1) is 0 Å². The molecule has 1 aromatic heterocycles. The van der Waals surface area contributed by atoms with Gasteiger partial charge in [0.25, 0.3) is 5.91 Å². The molecule has 1 unspecified atom stereocenters. The van der Waals surface area contributed by atoms with Gasteiger partial charge in [0, 0.05) is 49.2 Å². The van der Waals surface area contributed by atoms with E-state index in [2.05, 4.69) is 39.5 Å². The van der Waals surface area contributed by atoms with Crippen LogP contribution in [-0.4, -0.2) is 67.0 Å². The normalized spacial score (nSPS) is 17.5. The van der Waals surface area contributed by atoms with E-state index < -0.39 is 0 Å². The second kappa shape index (κ2) is 10.7. The monoisotopic (exact) mass is 506 g/mol. The fourth-order valence-corrected chi connectivity index (χ4v) is 5.85. The van der Waals surface area contributed by atoms with Crippen LogP contribution in [0.5, 0.6) is 11.5 Å². The number of carbonyl (C=O) groups is 2. The van der Waals surface area contributed by atoms with Gasteiger partial charge in [-0.1, -0.05) is 30.3 Å². The first-order valence-electron chi connectivity index (χ1n) is 12.1. The molecule has 188 valence electrons. The first-order valence-corrected chi connectivity index (χ1v) is 12.9. The summed E-state index contributed by atoms with van der Waals surface area (Å²) in [5, 5.41) is 3.40. The van der Waals surface area contributed by atoms with Gasteiger partial charge in [-0.25, -0.2) is 4.98 Å². The highest BCUT2D eigenvalue weighted by molar-refractivity contribution is 7.16. The SMILES string of the molecule is COc1cc(OC)cc(C(=O)Nc2nc3c(s2)CCC3C(=O)N2CCN(Cc3ccccc3)CC2)c1. The highest BCUT2D eigenvalue weighted by Gasteiger charge is 2.36. The molecule has 0 spiro atoms. The quantitative estimate of drug-likeness (QED) is 0.525. The number of rotatable bonds is 7. The Labute approximate surface area is 214 Å². The lowest BCUT2D eigenvalue weighted by molar-refractivity contribution is -0.134. The summed E-state index contributed by atoms with van der Waals surface area (Å²) in [6, 6.07) is 15.5. The molecule has 0 bridgehead atoms. The van der Waals surface area contributed by atoms with Crippen molar-refractivity contribution in [3.8, 4) is 11.5 Å². The molecule has 2 aliphatic rings. The Morgan fingerprint density at radius 1 is 1.03 bits per heavy atom. The third-order valence-electron chi connectivity index (χ3n) is 6.78. The molecular formula is C27H30N4O4S. The summed E-state index contributed by atoms with van der Waals surface area (Å²) >= 11 is 1.45. The molecule has 1 atom stereocenters. The smallest absolute Gasteiger partial charge is 0.257 e. The summed E-state index contributed by atoms with van der Waals surface area (Å²) in [7, 11) is 3.09. The molecule has 9 heteroatoms. The number of methoxy groups -OCH3 is 2. The van der Waals surface area contributed by atoms with Gasteiger partial charge in [-0.2, -0.15) is 0 Å². The number of piperazine rings is 1. The van der Waals surface area contributed by atoms with Crippen LogP contribution >= 0.6 is 11.3 Å². The lowest BCUT2D eigenvalue weighted by Crippen LogP contribution is -2.49. The number of hydrogen-bond acceptors (Lipinski definition) is 7. The lowest BCUT2D eigenvalue weighted by atomic mass is 10.1. The third-order valence-corrected chi connectivity index (χ3v) is 7.83. The molecule has 0 radical (unpaired) electrons. The van der Waals surface area contributed by atoms with Crippen LogP contribution in [0.1, 0.15) is 38.8 Å². The summed E-state index contributed by atoms with van der Waals surface area (Å²) < 4.78 is 10.5. The third kappa shape index (κ3) is 5.22. The Bertz CT molecular complexity index is 1220. The molecule has 5 rings (SSSR count). The molecule has 1 aliphatic carbocycles. The van der Waals surface area contributed by atoms with E-state index in [1.54, 1.807) is 32.4 Å². The second-order valence-corrected chi connectivity index (χ2v) is 10.1. The zero-order chi connectivity index (χ0) is 25.1. The molecule has 0 saturated carbocycles. The molecule has 3 aromatic rings. The van der Waals surface area contributed by atoms with E-state index in [9.17, 15) is 9.59 Å². The Hall–Kier alpha value is -3.43. The standard InChI is InChI=1S/C27H30N4O4S/c1-34-20-14-19(15-21(16-20)35-2)25(32)29-27-28-24-22(8-9-23(24)36-27)26(33)31-12-10-30(11-13-31)17-18-6-4-3-5-7-18/h3-7,14-16,22H,8-13,17H2,1-2H3,(H,28,29,32). The van der Waals surface area contributed by atoms with Gasteiger partial charge >= 0.3 is 0 Å². The van der Waals surface area contributed by atoms with E-state index in [0.717, 1.165) is 56.1 Å². The Morgan fingerprint density at radius 3 is 2.39 bits per heavy atom. The molecule has 2 heterocycles. The van der Waals surface area contributed by atoms with Gasteiger partial charge in [0.05, 0.1) is 25.8 Å². The van der Waals surface area contributed by atoms with Gasteiger partial charge in [-0.3, -0.25) is 19.8 Å². The summed E-state index contributed by atoms with van der Waals surface area (Å²) in [6.07, 6.45) is 1.58. The minimum atomic E-state index is -0.294. The zero-order valence-electron chi connectivity index (χ0n) is 20.5. The number of fused-ring (bicyclic) bond motifs is 1. The van der Waals surface area contributed by atoms with E-state index >= 15 is 0 Å². The summed E-state index contributed by atoms with van der Waals surface area (Å²) in [5.74, 6) is 0.691. The van der Waals surface area contributed by atoms with Gasteiger partial charge in [-0.05, 0) is 30.5 Å². The van der Waals surface area contributed by atoms with Gasteiger partial charge in [0.2, 0.25) is 5.91 Å². The molecule has 1 fully saturated rings. The number of nitrogens with one attached hydrogen (secondary N) is 1. The lowest BCUT2D eigenvalue weighted by Gasteiger charge is -2.36. The van der Waals surface area contributed by atoms with Crippen LogP contribution < -0.4 is 14.8 Å². The Kier molecular flexibility index (Phi) is 7.20. The summed E-state index contributed by atoms with van der Waals surface area (Å²) in [5.41, 5.74) is 2.53. The number of benzene rings is 2. The molecule has 2 aromatic carbocycles. The molecule has 8 nitrogen and oxygen atoms in total. The van der Waals surface area contributed by atoms with Crippen molar-refractivity contribution in [3.05, 3.63) is 70.2 Å². The highest BCUT2D eigenvalue weighted by Crippen LogP contribution is 2.39. The van der Waals surface area contributed by atoms with Crippen molar-refractivity contribution < 1.29 is 19.1 Å². The molecule has 36 heavy (non-hydrogen) atoms. The zero-order valence-corrected chi connectivity index (χ0v) is 21.3. The van der Waals surface area contributed by atoms with Gasteiger partial charge in [-0.15, -0.1) is 11.3 Å². The molecule has 1 saturated heterocycles. The number of thiazole rings is 1. The Balaban J connectivity index is 1.21. The van der Waals surface area contributed by atoms with E-state index in [1.807, 2.05) is 11.0 Å². The van der Waals surface area contributed by atoms with Crippen LogP contribution in [-0.2, 0) is 17.8 Å². The molecule has 2 amide bonds. The fraction of sp³-hybridized carbons (Fsp3) is 0.370. The maximum atomic E-state index is 13.4. The second-order valence-electron chi connectivity index (χ2n) is 9.06. The van der Waals surface area contributed by atoms with E-state index in [0.29, 0.717) is 22.2 Å². The topological polar surface area (TPSA) is 84.0 Å². The average Bonchev–Trinajstić information content (AvgIpc) is 3.49. The number of amides is 2. The minimum Gasteiger partial charge on any atom is -0.497 e.